The number of fused-ring (bicyclic) bond motifs is 1. The Balaban J connectivity index is 1.58. The number of aryl methyl sites for hydroxylation is 1. The van der Waals surface area contributed by atoms with E-state index in [0.29, 0.717) is 23.5 Å². The summed E-state index contributed by atoms with van der Waals surface area (Å²) in [6.45, 7) is 0.138. The van der Waals surface area contributed by atoms with Gasteiger partial charge in [0, 0.05) is 12.0 Å². The molecule has 126 valence electrons. The van der Waals surface area contributed by atoms with Gasteiger partial charge in [0.1, 0.15) is 5.75 Å². The molecular weight excluding hydrogens is 325 g/mol. The van der Waals surface area contributed by atoms with Crippen LogP contribution in [0.25, 0.3) is 0 Å². The van der Waals surface area contributed by atoms with Crippen molar-refractivity contribution in [1.29, 1.82) is 0 Å². The summed E-state index contributed by atoms with van der Waals surface area (Å²) in [7, 11) is 0. The van der Waals surface area contributed by atoms with Gasteiger partial charge in [0.2, 0.25) is 6.79 Å². The quantitative estimate of drug-likeness (QED) is 0.769. The fraction of sp³-hybridized carbons (Fsp3) is 0.235. The normalized spacial score (nSPS) is 13.0. The molecular formula is C17H13F3O4. The van der Waals surface area contributed by atoms with Crippen LogP contribution in [0.15, 0.2) is 42.5 Å². The van der Waals surface area contributed by atoms with Crippen LogP contribution in [0.4, 0.5) is 13.2 Å². The van der Waals surface area contributed by atoms with E-state index in [2.05, 4.69) is 4.74 Å². The SMILES string of the molecule is O=C(CCc1ccc(OC(F)(F)F)cc1)c1ccc2c(c1)OCO2. The van der Waals surface area contributed by atoms with Gasteiger partial charge in [-0.2, -0.15) is 0 Å². The van der Waals surface area contributed by atoms with E-state index in [1.807, 2.05) is 0 Å². The summed E-state index contributed by atoms with van der Waals surface area (Å²) in [6.07, 6.45) is -4.06. The van der Waals surface area contributed by atoms with Crippen molar-refractivity contribution in [2.24, 2.45) is 0 Å². The first-order chi connectivity index (χ1) is 11.4. The molecule has 0 unspecified atom stereocenters. The zero-order chi connectivity index (χ0) is 17.2. The van der Waals surface area contributed by atoms with Crippen LogP contribution >= 0.6 is 0 Å². The van der Waals surface area contributed by atoms with Crippen LogP contribution in [0.1, 0.15) is 22.3 Å². The number of ether oxygens (including phenoxy) is 3. The summed E-state index contributed by atoms with van der Waals surface area (Å²) in [5.41, 5.74) is 1.26. The Bertz CT molecular complexity index is 738. The molecule has 0 aliphatic carbocycles. The molecule has 4 nitrogen and oxygen atoms in total. The van der Waals surface area contributed by atoms with Crippen molar-refractivity contribution in [3.8, 4) is 17.2 Å². The van der Waals surface area contributed by atoms with Gasteiger partial charge in [-0.3, -0.25) is 4.79 Å². The maximum absolute atomic E-state index is 12.2. The van der Waals surface area contributed by atoms with Crippen LogP contribution < -0.4 is 14.2 Å². The number of hydrogen-bond acceptors (Lipinski definition) is 4. The number of hydrogen-bond donors (Lipinski definition) is 0. The van der Waals surface area contributed by atoms with E-state index in [1.54, 1.807) is 18.2 Å². The van der Waals surface area contributed by atoms with Gasteiger partial charge < -0.3 is 14.2 Å². The predicted molar refractivity (Wildman–Crippen MR) is 78.3 cm³/mol. The van der Waals surface area contributed by atoms with Crippen LogP contribution in [0.5, 0.6) is 17.2 Å². The molecule has 0 aromatic heterocycles. The second-order valence-electron chi connectivity index (χ2n) is 5.18. The zero-order valence-corrected chi connectivity index (χ0v) is 12.4. The molecule has 0 saturated heterocycles. The Morgan fingerprint density at radius 3 is 2.46 bits per heavy atom. The molecule has 3 rings (SSSR count). The number of benzene rings is 2. The van der Waals surface area contributed by atoms with Gasteiger partial charge in [-0.1, -0.05) is 12.1 Å². The molecule has 2 aromatic rings. The van der Waals surface area contributed by atoms with E-state index < -0.39 is 6.36 Å². The van der Waals surface area contributed by atoms with Crippen LogP contribution in [0.2, 0.25) is 0 Å². The van der Waals surface area contributed by atoms with Gasteiger partial charge in [0.25, 0.3) is 0 Å². The summed E-state index contributed by atoms with van der Waals surface area (Å²) >= 11 is 0. The molecule has 0 bridgehead atoms. The van der Waals surface area contributed by atoms with Crippen molar-refractivity contribution in [2.45, 2.75) is 19.2 Å². The van der Waals surface area contributed by atoms with Crippen molar-refractivity contribution < 1.29 is 32.2 Å². The average molecular weight is 338 g/mol. The lowest BCUT2D eigenvalue weighted by Gasteiger charge is -2.09. The Hall–Kier alpha value is -2.70. The highest BCUT2D eigenvalue weighted by molar-refractivity contribution is 5.96. The highest BCUT2D eigenvalue weighted by atomic mass is 19.4. The van der Waals surface area contributed by atoms with Crippen molar-refractivity contribution in [3.63, 3.8) is 0 Å². The number of ketones is 1. The molecule has 0 spiro atoms. The third-order valence-corrected chi connectivity index (χ3v) is 3.49. The number of rotatable bonds is 5. The molecule has 0 saturated carbocycles. The molecule has 0 N–H and O–H groups in total. The van der Waals surface area contributed by atoms with Crippen LogP contribution in [-0.4, -0.2) is 18.9 Å². The molecule has 1 aliphatic rings. The lowest BCUT2D eigenvalue weighted by Crippen LogP contribution is -2.17. The summed E-state index contributed by atoms with van der Waals surface area (Å²) in [6, 6.07) is 10.4. The molecule has 0 atom stereocenters. The predicted octanol–water partition coefficient (Wildman–Crippen LogP) is 4.13. The molecule has 0 radical (unpaired) electrons. The van der Waals surface area contributed by atoms with Crippen LogP contribution in [-0.2, 0) is 6.42 Å². The Kier molecular flexibility index (Phi) is 4.33. The van der Waals surface area contributed by atoms with Gasteiger partial charge in [-0.05, 0) is 42.3 Å². The van der Waals surface area contributed by atoms with Gasteiger partial charge in [-0.25, -0.2) is 0 Å². The van der Waals surface area contributed by atoms with Crippen LogP contribution in [0.3, 0.4) is 0 Å². The number of halogens is 3. The van der Waals surface area contributed by atoms with Gasteiger partial charge >= 0.3 is 6.36 Å². The van der Waals surface area contributed by atoms with Crippen LogP contribution in [0, 0.1) is 0 Å². The van der Waals surface area contributed by atoms with E-state index >= 15 is 0 Å². The molecule has 1 aliphatic heterocycles. The number of Topliss-reactive ketones (excluding diaryl/α,β-unsaturated/α-hetero) is 1. The van der Waals surface area contributed by atoms with Gasteiger partial charge in [0.15, 0.2) is 17.3 Å². The second kappa shape index (κ2) is 6.43. The topological polar surface area (TPSA) is 44.8 Å². The maximum Gasteiger partial charge on any atom is 0.573 e. The van der Waals surface area contributed by atoms with Gasteiger partial charge in [-0.15, -0.1) is 13.2 Å². The summed E-state index contributed by atoms with van der Waals surface area (Å²) in [5.74, 6) is 0.776. The lowest BCUT2D eigenvalue weighted by atomic mass is 10.0. The summed E-state index contributed by atoms with van der Waals surface area (Å²) in [4.78, 5) is 12.2. The molecule has 1 heterocycles. The standard InChI is InChI=1S/C17H13F3O4/c18-17(19,20)24-13-5-1-11(2-6-13)3-7-14(21)12-4-8-15-16(9-12)23-10-22-15/h1-2,4-6,8-9H,3,7,10H2. The number of carbonyl (C=O) groups is 1. The number of alkyl halides is 3. The first-order valence-corrected chi connectivity index (χ1v) is 7.18. The van der Waals surface area contributed by atoms with E-state index in [4.69, 9.17) is 9.47 Å². The smallest absolute Gasteiger partial charge is 0.454 e. The Morgan fingerprint density at radius 2 is 1.75 bits per heavy atom. The van der Waals surface area contributed by atoms with E-state index in [-0.39, 0.29) is 24.7 Å². The Morgan fingerprint density at radius 1 is 1.04 bits per heavy atom. The largest absolute Gasteiger partial charge is 0.573 e. The molecule has 0 fully saturated rings. The minimum atomic E-state index is -4.71. The minimum absolute atomic E-state index is 0.0797. The fourth-order valence-corrected chi connectivity index (χ4v) is 2.33. The zero-order valence-electron chi connectivity index (χ0n) is 12.4. The first kappa shape index (κ1) is 16.2. The summed E-state index contributed by atoms with van der Waals surface area (Å²) in [5, 5.41) is 0. The average Bonchev–Trinajstić information content (AvgIpc) is 3.00. The van der Waals surface area contributed by atoms with Crippen molar-refractivity contribution in [1.82, 2.24) is 0 Å². The third-order valence-electron chi connectivity index (χ3n) is 3.49. The molecule has 2 aromatic carbocycles. The maximum atomic E-state index is 12.2. The highest BCUT2D eigenvalue weighted by Crippen LogP contribution is 2.33. The van der Waals surface area contributed by atoms with Gasteiger partial charge in [0.05, 0.1) is 0 Å². The highest BCUT2D eigenvalue weighted by Gasteiger charge is 2.30. The van der Waals surface area contributed by atoms with E-state index in [1.165, 1.54) is 24.3 Å². The molecule has 7 heteroatoms. The number of carbonyl (C=O) groups excluding carboxylic acids is 1. The minimum Gasteiger partial charge on any atom is -0.454 e. The van der Waals surface area contributed by atoms with E-state index in [0.717, 1.165) is 5.56 Å². The van der Waals surface area contributed by atoms with Crippen molar-refractivity contribution >= 4 is 5.78 Å². The molecule has 0 amide bonds. The Labute approximate surface area is 135 Å². The first-order valence-electron chi connectivity index (χ1n) is 7.18. The lowest BCUT2D eigenvalue weighted by molar-refractivity contribution is -0.274. The second-order valence-corrected chi connectivity index (χ2v) is 5.18. The summed E-state index contributed by atoms with van der Waals surface area (Å²) < 4.78 is 50.5. The van der Waals surface area contributed by atoms with E-state index in [9.17, 15) is 18.0 Å². The molecule has 24 heavy (non-hydrogen) atoms. The fourth-order valence-electron chi connectivity index (χ4n) is 2.33. The van der Waals surface area contributed by atoms with Crippen molar-refractivity contribution in [3.05, 3.63) is 53.6 Å². The van der Waals surface area contributed by atoms with Crippen molar-refractivity contribution in [2.75, 3.05) is 6.79 Å². The monoisotopic (exact) mass is 338 g/mol. The third kappa shape index (κ3) is 3.98.